The van der Waals surface area contributed by atoms with Gasteiger partial charge >= 0.3 is 11.9 Å². The predicted molar refractivity (Wildman–Crippen MR) is 109 cm³/mol. The van der Waals surface area contributed by atoms with Gasteiger partial charge in [-0.15, -0.1) is 0 Å². The fourth-order valence-electron chi connectivity index (χ4n) is 2.28. The van der Waals surface area contributed by atoms with E-state index < -0.39 is 5.97 Å². The molecule has 8 heteroatoms. The van der Waals surface area contributed by atoms with Gasteiger partial charge in [0.1, 0.15) is 13.2 Å². The van der Waals surface area contributed by atoms with Crippen molar-refractivity contribution < 1.29 is 38.0 Å². The molecule has 0 aliphatic carbocycles. The standard InChI is InChI=1S/C21H38O8/c1-4-7-8-19(5-2)21(23)29-18-16-27-14-12-25-10-9-24-11-13-26-15-17-28-20(22)6-3/h6,19H,3-5,7-18H2,1-2H3. The summed E-state index contributed by atoms with van der Waals surface area (Å²) in [7, 11) is 0. The van der Waals surface area contributed by atoms with E-state index in [-0.39, 0.29) is 25.1 Å². The van der Waals surface area contributed by atoms with Crippen LogP contribution in [-0.2, 0) is 38.0 Å². The van der Waals surface area contributed by atoms with Gasteiger partial charge in [-0.3, -0.25) is 4.79 Å². The first kappa shape index (κ1) is 27.5. The molecule has 0 N–H and O–H groups in total. The molecule has 0 aliphatic heterocycles. The Morgan fingerprint density at radius 2 is 1.21 bits per heavy atom. The third kappa shape index (κ3) is 18.3. The molecular formula is C21H38O8. The zero-order chi connectivity index (χ0) is 21.6. The highest BCUT2D eigenvalue weighted by molar-refractivity contribution is 5.81. The molecule has 0 aromatic carbocycles. The normalized spacial score (nSPS) is 11.8. The van der Waals surface area contributed by atoms with Crippen molar-refractivity contribution in [2.24, 2.45) is 5.92 Å². The maximum Gasteiger partial charge on any atom is 0.330 e. The monoisotopic (exact) mass is 418 g/mol. The fourth-order valence-corrected chi connectivity index (χ4v) is 2.28. The summed E-state index contributed by atoms with van der Waals surface area (Å²) in [6.45, 7) is 11.3. The average Bonchev–Trinajstić information content (AvgIpc) is 2.73. The van der Waals surface area contributed by atoms with Crippen LogP contribution in [0.2, 0.25) is 0 Å². The van der Waals surface area contributed by atoms with Crippen LogP contribution in [0.25, 0.3) is 0 Å². The van der Waals surface area contributed by atoms with Crippen LogP contribution in [0.3, 0.4) is 0 Å². The number of hydrogen-bond donors (Lipinski definition) is 0. The minimum atomic E-state index is -0.459. The van der Waals surface area contributed by atoms with Crippen LogP contribution in [0, 0.1) is 5.92 Å². The summed E-state index contributed by atoms with van der Waals surface area (Å²) in [5.74, 6) is -0.585. The first-order valence-corrected chi connectivity index (χ1v) is 10.4. The molecule has 170 valence electrons. The smallest absolute Gasteiger partial charge is 0.330 e. The lowest BCUT2D eigenvalue weighted by Gasteiger charge is -2.13. The molecule has 29 heavy (non-hydrogen) atoms. The summed E-state index contributed by atoms with van der Waals surface area (Å²) in [4.78, 5) is 22.7. The molecule has 0 aromatic rings. The summed E-state index contributed by atoms with van der Waals surface area (Å²) < 4.78 is 31.4. The third-order valence-corrected chi connectivity index (χ3v) is 3.96. The second-order valence-electron chi connectivity index (χ2n) is 6.24. The first-order valence-electron chi connectivity index (χ1n) is 10.4. The van der Waals surface area contributed by atoms with E-state index in [2.05, 4.69) is 13.5 Å². The van der Waals surface area contributed by atoms with Crippen LogP contribution in [0.4, 0.5) is 0 Å². The maximum atomic E-state index is 11.9. The molecule has 1 unspecified atom stereocenters. The van der Waals surface area contributed by atoms with Gasteiger partial charge in [0.25, 0.3) is 0 Å². The van der Waals surface area contributed by atoms with E-state index in [1.165, 1.54) is 0 Å². The predicted octanol–water partition coefficient (Wildman–Crippen LogP) is 2.54. The Hall–Kier alpha value is -1.48. The van der Waals surface area contributed by atoms with E-state index in [0.29, 0.717) is 52.9 Å². The fraction of sp³-hybridized carbons (Fsp3) is 0.810. The lowest BCUT2D eigenvalue weighted by Crippen LogP contribution is -2.20. The zero-order valence-corrected chi connectivity index (χ0v) is 18.0. The molecule has 1 atom stereocenters. The molecule has 0 aromatic heterocycles. The van der Waals surface area contributed by atoms with Gasteiger partial charge in [0, 0.05) is 6.08 Å². The van der Waals surface area contributed by atoms with Gasteiger partial charge in [-0.1, -0.05) is 33.3 Å². The minimum Gasteiger partial charge on any atom is -0.463 e. The van der Waals surface area contributed by atoms with E-state index in [4.69, 9.17) is 28.4 Å². The van der Waals surface area contributed by atoms with Gasteiger partial charge < -0.3 is 28.4 Å². The van der Waals surface area contributed by atoms with E-state index in [0.717, 1.165) is 31.8 Å². The highest BCUT2D eigenvalue weighted by atomic mass is 16.6. The Balaban J connectivity index is 3.28. The van der Waals surface area contributed by atoms with E-state index >= 15 is 0 Å². The summed E-state index contributed by atoms with van der Waals surface area (Å²) in [6, 6.07) is 0. The Morgan fingerprint density at radius 1 is 0.759 bits per heavy atom. The van der Waals surface area contributed by atoms with Crippen LogP contribution in [0.5, 0.6) is 0 Å². The Morgan fingerprint density at radius 3 is 1.62 bits per heavy atom. The Labute approximate surface area is 174 Å². The second-order valence-corrected chi connectivity index (χ2v) is 6.24. The number of esters is 2. The third-order valence-electron chi connectivity index (χ3n) is 3.96. The van der Waals surface area contributed by atoms with Crippen LogP contribution in [0.15, 0.2) is 12.7 Å². The quantitative estimate of drug-likeness (QED) is 0.160. The molecular weight excluding hydrogens is 380 g/mol. The number of carbonyl (C=O) groups excluding carboxylic acids is 2. The number of hydrogen-bond acceptors (Lipinski definition) is 8. The van der Waals surface area contributed by atoms with Crippen molar-refractivity contribution in [3.8, 4) is 0 Å². The Bertz CT molecular complexity index is 413. The van der Waals surface area contributed by atoms with Crippen LogP contribution < -0.4 is 0 Å². The minimum absolute atomic E-state index is 0.00141. The molecule has 0 saturated heterocycles. The van der Waals surface area contributed by atoms with Gasteiger partial charge in [-0.25, -0.2) is 4.79 Å². The number of rotatable bonds is 21. The number of unbranched alkanes of at least 4 members (excludes halogenated alkanes) is 1. The summed E-state index contributed by atoms with van der Waals surface area (Å²) in [6.07, 6.45) is 4.94. The second kappa shape index (κ2) is 21.2. The van der Waals surface area contributed by atoms with Crippen molar-refractivity contribution in [2.75, 3.05) is 66.1 Å². The van der Waals surface area contributed by atoms with Crippen molar-refractivity contribution in [3.05, 3.63) is 12.7 Å². The highest BCUT2D eigenvalue weighted by Crippen LogP contribution is 2.14. The van der Waals surface area contributed by atoms with Gasteiger partial charge in [-0.2, -0.15) is 0 Å². The molecule has 0 bridgehead atoms. The van der Waals surface area contributed by atoms with Crippen LogP contribution in [-0.4, -0.2) is 78.0 Å². The van der Waals surface area contributed by atoms with Crippen molar-refractivity contribution in [1.29, 1.82) is 0 Å². The molecule has 0 heterocycles. The van der Waals surface area contributed by atoms with Crippen LogP contribution in [0.1, 0.15) is 39.5 Å². The lowest BCUT2D eigenvalue weighted by atomic mass is 10.00. The van der Waals surface area contributed by atoms with Crippen molar-refractivity contribution in [1.82, 2.24) is 0 Å². The van der Waals surface area contributed by atoms with E-state index in [1.54, 1.807) is 0 Å². The van der Waals surface area contributed by atoms with Crippen LogP contribution >= 0.6 is 0 Å². The maximum absolute atomic E-state index is 11.9. The average molecular weight is 419 g/mol. The Kier molecular flexibility index (Phi) is 20.2. The summed E-state index contributed by atoms with van der Waals surface area (Å²) >= 11 is 0. The topological polar surface area (TPSA) is 89.5 Å². The molecule has 0 fully saturated rings. The molecule has 0 saturated carbocycles. The van der Waals surface area contributed by atoms with Gasteiger partial charge in [0.05, 0.1) is 58.8 Å². The molecule has 0 amide bonds. The molecule has 0 spiro atoms. The van der Waals surface area contributed by atoms with Gasteiger partial charge in [0.2, 0.25) is 0 Å². The number of carbonyl (C=O) groups is 2. The van der Waals surface area contributed by atoms with Crippen molar-refractivity contribution >= 4 is 11.9 Å². The summed E-state index contributed by atoms with van der Waals surface area (Å²) in [5, 5.41) is 0. The van der Waals surface area contributed by atoms with E-state index in [9.17, 15) is 9.59 Å². The first-order chi connectivity index (χ1) is 14.2. The van der Waals surface area contributed by atoms with Gasteiger partial charge in [-0.05, 0) is 12.8 Å². The summed E-state index contributed by atoms with van der Waals surface area (Å²) in [5.41, 5.74) is 0. The SMILES string of the molecule is C=CC(=O)OCCOCCOCCOCCOCCOC(=O)C(CC)CCCC. The van der Waals surface area contributed by atoms with Gasteiger partial charge in [0.15, 0.2) is 0 Å². The number of ether oxygens (including phenoxy) is 6. The zero-order valence-electron chi connectivity index (χ0n) is 18.0. The largest absolute Gasteiger partial charge is 0.463 e. The molecule has 0 rings (SSSR count). The molecule has 8 nitrogen and oxygen atoms in total. The highest BCUT2D eigenvalue weighted by Gasteiger charge is 2.16. The lowest BCUT2D eigenvalue weighted by molar-refractivity contribution is -0.150. The molecule has 0 aliphatic rings. The van der Waals surface area contributed by atoms with Crippen molar-refractivity contribution in [3.63, 3.8) is 0 Å². The molecule has 0 radical (unpaired) electrons. The van der Waals surface area contributed by atoms with Crippen molar-refractivity contribution in [2.45, 2.75) is 39.5 Å². The van der Waals surface area contributed by atoms with E-state index in [1.807, 2.05) is 6.92 Å².